The van der Waals surface area contributed by atoms with E-state index in [1.807, 2.05) is 6.07 Å². The van der Waals surface area contributed by atoms with Crippen LogP contribution in [-0.4, -0.2) is 58.4 Å². The van der Waals surface area contributed by atoms with Crippen LogP contribution >= 0.6 is 0 Å². The van der Waals surface area contributed by atoms with E-state index in [9.17, 15) is 9.90 Å². The Morgan fingerprint density at radius 1 is 1.09 bits per heavy atom. The van der Waals surface area contributed by atoms with Crippen LogP contribution in [-0.2, 0) is 11.3 Å². The molecular formula is C18H24N2O3. The zero-order chi connectivity index (χ0) is 15.9. The average Bonchev–Trinajstić information content (AvgIpc) is 3.25. The molecule has 1 aliphatic carbocycles. The van der Waals surface area contributed by atoms with Gasteiger partial charge in [-0.05, 0) is 31.2 Å². The molecule has 1 aromatic carbocycles. The Labute approximate surface area is 136 Å². The number of carboxylic acid groups (broad SMARTS) is 1. The van der Waals surface area contributed by atoms with Crippen LogP contribution in [0.1, 0.15) is 31.2 Å². The molecule has 1 saturated carbocycles. The number of piperidine rings is 1. The molecule has 1 aromatic rings. The van der Waals surface area contributed by atoms with Crippen molar-refractivity contribution < 1.29 is 14.6 Å². The molecule has 2 aliphatic heterocycles. The van der Waals surface area contributed by atoms with Crippen LogP contribution < -0.4 is 0 Å². The first-order chi connectivity index (χ1) is 11.1. The highest BCUT2D eigenvalue weighted by molar-refractivity contribution is 5.65. The quantitative estimate of drug-likeness (QED) is 0.911. The van der Waals surface area contributed by atoms with Gasteiger partial charge in [-0.15, -0.1) is 0 Å². The number of likely N-dealkylation sites (tertiary alicyclic amines) is 1. The lowest BCUT2D eigenvalue weighted by molar-refractivity contribution is -0.189. The Morgan fingerprint density at radius 2 is 1.83 bits per heavy atom. The van der Waals surface area contributed by atoms with Crippen molar-refractivity contribution in [2.45, 2.75) is 43.4 Å². The molecule has 1 N–H and O–H groups in total. The molecule has 2 saturated heterocycles. The summed E-state index contributed by atoms with van der Waals surface area (Å²) in [6.45, 7) is 3.85. The molecule has 3 aliphatic rings. The van der Waals surface area contributed by atoms with Gasteiger partial charge in [0.25, 0.3) is 0 Å². The van der Waals surface area contributed by atoms with E-state index >= 15 is 0 Å². The third kappa shape index (κ3) is 3.08. The standard InChI is InChI=1S/C18H24N2O3/c21-16(22)20-10-4-7-18(14-20)13-19(12-17(23-18)8-9-17)11-15-5-2-1-3-6-15/h1-3,5-6H,4,7-14H2,(H,21,22). The van der Waals surface area contributed by atoms with Crippen molar-refractivity contribution in [3.63, 3.8) is 0 Å². The van der Waals surface area contributed by atoms with Crippen LogP contribution in [0, 0.1) is 0 Å². The van der Waals surface area contributed by atoms with Crippen molar-refractivity contribution >= 4 is 6.09 Å². The van der Waals surface area contributed by atoms with E-state index in [0.717, 1.165) is 45.3 Å². The first-order valence-electron chi connectivity index (χ1n) is 8.53. The van der Waals surface area contributed by atoms with E-state index in [1.54, 1.807) is 0 Å². The summed E-state index contributed by atoms with van der Waals surface area (Å²) in [4.78, 5) is 15.4. The number of carbonyl (C=O) groups is 1. The van der Waals surface area contributed by atoms with Gasteiger partial charge in [0.05, 0.1) is 17.7 Å². The molecule has 0 aromatic heterocycles. The monoisotopic (exact) mass is 316 g/mol. The zero-order valence-electron chi connectivity index (χ0n) is 13.4. The molecule has 1 unspecified atom stereocenters. The summed E-state index contributed by atoms with van der Waals surface area (Å²) in [5.41, 5.74) is 0.973. The van der Waals surface area contributed by atoms with Crippen LogP contribution in [0.2, 0.25) is 0 Å². The third-order valence-electron chi connectivity index (χ3n) is 5.32. The summed E-state index contributed by atoms with van der Waals surface area (Å²) >= 11 is 0. The number of hydrogen-bond acceptors (Lipinski definition) is 3. The van der Waals surface area contributed by atoms with E-state index in [1.165, 1.54) is 10.5 Å². The summed E-state index contributed by atoms with van der Waals surface area (Å²) in [6, 6.07) is 10.5. The highest BCUT2D eigenvalue weighted by Gasteiger charge is 2.56. The first-order valence-corrected chi connectivity index (χ1v) is 8.53. The fraction of sp³-hybridized carbons (Fsp3) is 0.611. The lowest BCUT2D eigenvalue weighted by atomic mass is 9.89. The molecule has 0 bridgehead atoms. The minimum atomic E-state index is -0.822. The van der Waals surface area contributed by atoms with Crippen LogP contribution in [0.15, 0.2) is 30.3 Å². The van der Waals surface area contributed by atoms with Crippen LogP contribution in [0.3, 0.4) is 0 Å². The van der Waals surface area contributed by atoms with Gasteiger partial charge in [0.2, 0.25) is 0 Å². The number of benzene rings is 1. The van der Waals surface area contributed by atoms with Crippen molar-refractivity contribution in [3.05, 3.63) is 35.9 Å². The molecule has 3 fully saturated rings. The molecule has 4 rings (SSSR count). The fourth-order valence-electron chi connectivity index (χ4n) is 4.22. The maximum absolute atomic E-state index is 11.4. The molecule has 2 heterocycles. The molecule has 5 nitrogen and oxygen atoms in total. The van der Waals surface area contributed by atoms with Crippen molar-refractivity contribution in [3.8, 4) is 0 Å². The van der Waals surface area contributed by atoms with Gasteiger partial charge in [-0.25, -0.2) is 4.79 Å². The summed E-state index contributed by atoms with van der Waals surface area (Å²) in [5, 5.41) is 9.36. The SMILES string of the molecule is O=C(O)N1CCCC2(CN(Cc3ccccc3)CC3(CC3)O2)C1. The lowest BCUT2D eigenvalue weighted by Gasteiger charge is -2.50. The Morgan fingerprint density at radius 3 is 2.52 bits per heavy atom. The average molecular weight is 316 g/mol. The van der Waals surface area contributed by atoms with Crippen LogP contribution in [0.25, 0.3) is 0 Å². The van der Waals surface area contributed by atoms with E-state index in [0.29, 0.717) is 13.1 Å². The number of nitrogens with zero attached hydrogens (tertiary/aromatic N) is 2. The fourth-order valence-corrected chi connectivity index (χ4v) is 4.22. The third-order valence-corrected chi connectivity index (χ3v) is 5.32. The van der Waals surface area contributed by atoms with Gasteiger partial charge in [-0.3, -0.25) is 4.90 Å². The Bertz CT molecular complexity index is 587. The molecule has 0 radical (unpaired) electrons. The second-order valence-electron chi connectivity index (χ2n) is 7.41. The van der Waals surface area contributed by atoms with Gasteiger partial charge in [-0.1, -0.05) is 30.3 Å². The number of ether oxygens (including phenoxy) is 1. The van der Waals surface area contributed by atoms with Gasteiger partial charge in [0.15, 0.2) is 0 Å². The predicted octanol–water partition coefficient (Wildman–Crippen LogP) is 2.56. The smallest absolute Gasteiger partial charge is 0.407 e. The van der Waals surface area contributed by atoms with E-state index in [2.05, 4.69) is 29.2 Å². The Balaban J connectivity index is 1.52. The second kappa shape index (κ2) is 5.49. The Hall–Kier alpha value is -1.59. The number of hydrogen-bond donors (Lipinski definition) is 1. The molecule has 1 atom stereocenters. The van der Waals surface area contributed by atoms with E-state index < -0.39 is 6.09 Å². The molecular weight excluding hydrogens is 292 g/mol. The maximum Gasteiger partial charge on any atom is 0.407 e. The molecule has 1 amide bonds. The Kier molecular flexibility index (Phi) is 3.58. The highest BCUT2D eigenvalue weighted by Crippen LogP contribution is 2.48. The normalized spacial score (nSPS) is 29.8. The number of rotatable bonds is 2. The van der Waals surface area contributed by atoms with Crippen LogP contribution in [0.5, 0.6) is 0 Å². The minimum absolute atomic E-state index is 0.0193. The van der Waals surface area contributed by atoms with Gasteiger partial charge in [0, 0.05) is 26.2 Å². The summed E-state index contributed by atoms with van der Waals surface area (Å²) in [5.74, 6) is 0. The van der Waals surface area contributed by atoms with Gasteiger partial charge >= 0.3 is 6.09 Å². The van der Waals surface area contributed by atoms with Crippen molar-refractivity contribution in [1.29, 1.82) is 0 Å². The topological polar surface area (TPSA) is 53.0 Å². The second-order valence-corrected chi connectivity index (χ2v) is 7.41. The summed E-state index contributed by atoms with van der Waals surface area (Å²) in [6.07, 6.45) is 3.24. The summed E-state index contributed by atoms with van der Waals surface area (Å²) in [7, 11) is 0. The maximum atomic E-state index is 11.4. The molecule has 23 heavy (non-hydrogen) atoms. The van der Waals surface area contributed by atoms with Gasteiger partial charge < -0.3 is 14.7 Å². The zero-order valence-corrected chi connectivity index (χ0v) is 13.4. The van der Waals surface area contributed by atoms with E-state index in [4.69, 9.17) is 4.74 Å². The minimum Gasteiger partial charge on any atom is -0.465 e. The van der Waals surface area contributed by atoms with Crippen molar-refractivity contribution in [2.75, 3.05) is 26.2 Å². The molecule has 124 valence electrons. The van der Waals surface area contributed by atoms with E-state index in [-0.39, 0.29) is 11.2 Å². The first kappa shape index (κ1) is 15.0. The lowest BCUT2D eigenvalue weighted by Crippen LogP contribution is -2.63. The predicted molar refractivity (Wildman–Crippen MR) is 86.3 cm³/mol. The summed E-state index contributed by atoms with van der Waals surface area (Å²) < 4.78 is 6.52. The van der Waals surface area contributed by atoms with Crippen molar-refractivity contribution in [2.24, 2.45) is 0 Å². The van der Waals surface area contributed by atoms with Crippen LogP contribution in [0.4, 0.5) is 4.79 Å². The largest absolute Gasteiger partial charge is 0.465 e. The number of morpholine rings is 1. The highest BCUT2D eigenvalue weighted by atomic mass is 16.5. The number of amides is 1. The van der Waals surface area contributed by atoms with Gasteiger partial charge in [0.1, 0.15) is 0 Å². The van der Waals surface area contributed by atoms with Crippen molar-refractivity contribution in [1.82, 2.24) is 9.80 Å². The molecule has 2 spiro atoms. The molecule has 5 heteroatoms. The van der Waals surface area contributed by atoms with Gasteiger partial charge in [-0.2, -0.15) is 0 Å².